The van der Waals surface area contributed by atoms with Gasteiger partial charge in [0.1, 0.15) is 5.52 Å². The average Bonchev–Trinajstić information content (AvgIpc) is 2.93. The third-order valence-corrected chi connectivity index (χ3v) is 3.06. The van der Waals surface area contributed by atoms with Crippen LogP contribution in [0.1, 0.15) is 11.1 Å². The van der Waals surface area contributed by atoms with Crippen molar-refractivity contribution < 1.29 is 4.42 Å². The lowest BCUT2D eigenvalue weighted by molar-refractivity contribution is 0.602. The van der Waals surface area contributed by atoms with Crippen molar-refractivity contribution >= 4 is 16.8 Å². The van der Waals surface area contributed by atoms with Crippen LogP contribution in [0.4, 0.5) is 5.69 Å². The minimum atomic E-state index is 0.567. The van der Waals surface area contributed by atoms with E-state index in [2.05, 4.69) is 22.4 Å². The molecule has 3 rings (SSSR count). The van der Waals surface area contributed by atoms with Crippen molar-refractivity contribution in [2.45, 2.75) is 13.1 Å². The summed E-state index contributed by atoms with van der Waals surface area (Å²) in [5, 5.41) is 3.37. The summed E-state index contributed by atoms with van der Waals surface area (Å²) in [6.07, 6.45) is 1.46. The number of anilines is 1. The Morgan fingerprint density at radius 3 is 2.89 bits per heavy atom. The maximum absolute atomic E-state index is 5.64. The molecule has 3 N–H and O–H groups in total. The van der Waals surface area contributed by atoms with Crippen LogP contribution in [0.2, 0.25) is 0 Å². The quantitative estimate of drug-likeness (QED) is 0.750. The highest BCUT2D eigenvalue weighted by atomic mass is 16.3. The fourth-order valence-electron chi connectivity index (χ4n) is 2.04. The monoisotopic (exact) mass is 253 g/mol. The number of nitrogens with one attached hydrogen (secondary N) is 1. The van der Waals surface area contributed by atoms with Gasteiger partial charge in [-0.05, 0) is 23.3 Å². The zero-order valence-corrected chi connectivity index (χ0v) is 10.5. The maximum Gasteiger partial charge on any atom is 0.181 e. The number of fused-ring (bicyclic) bond motifs is 1. The molecule has 3 aromatic rings. The maximum atomic E-state index is 5.64. The molecule has 4 heteroatoms. The number of rotatable bonds is 4. The molecule has 0 aliphatic rings. The minimum Gasteiger partial charge on any atom is -0.443 e. The first kappa shape index (κ1) is 11.7. The van der Waals surface area contributed by atoms with Gasteiger partial charge in [-0.3, -0.25) is 0 Å². The largest absolute Gasteiger partial charge is 0.443 e. The molecule has 0 saturated heterocycles. The molecule has 0 aliphatic carbocycles. The van der Waals surface area contributed by atoms with E-state index >= 15 is 0 Å². The highest BCUT2D eigenvalue weighted by molar-refractivity contribution is 5.76. The van der Waals surface area contributed by atoms with E-state index in [0.29, 0.717) is 6.54 Å². The van der Waals surface area contributed by atoms with Crippen LogP contribution < -0.4 is 11.1 Å². The Kier molecular flexibility index (Phi) is 3.16. The Bertz CT molecular complexity index is 690. The Morgan fingerprint density at radius 1 is 1.11 bits per heavy atom. The first-order valence-electron chi connectivity index (χ1n) is 6.20. The molecule has 0 atom stereocenters. The van der Waals surface area contributed by atoms with Crippen LogP contribution in [0.25, 0.3) is 11.1 Å². The normalized spacial score (nSPS) is 10.8. The lowest BCUT2D eigenvalue weighted by Gasteiger charge is -2.07. The van der Waals surface area contributed by atoms with E-state index < -0.39 is 0 Å². The topological polar surface area (TPSA) is 64.1 Å². The molecule has 19 heavy (non-hydrogen) atoms. The van der Waals surface area contributed by atoms with Gasteiger partial charge in [0, 0.05) is 24.8 Å². The molecule has 0 aliphatic heterocycles. The standard InChI is InChI=1S/C15H15N3O/c16-8-11-2-1-3-12(6-11)9-17-13-4-5-14-15(7-13)19-10-18-14/h1-7,10,17H,8-9,16H2. The molecule has 0 saturated carbocycles. The van der Waals surface area contributed by atoms with Crippen molar-refractivity contribution in [3.63, 3.8) is 0 Å². The predicted molar refractivity (Wildman–Crippen MR) is 75.7 cm³/mol. The molecule has 0 bridgehead atoms. The van der Waals surface area contributed by atoms with Gasteiger partial charge in [0.15, 0.2) is 12.0 Å². The van der Waals surface area contributed by atoms with Crippen LogP contribution in [0.3, 0.4) is 0 Å². The number of benzene rings is 2. The van der Waals surface area contributed by atoms with Crippen molar-refractivity contribution in [3.05, 3.63) is 60.0 Å². The zero-order valence-electron chi connectivity index (χ0n) is 10.5. The van der Waals surface area contributed by atoms with Crippen molar-refractivity contribution in [3.8, 4) is 0 Å². The predicted octanol–water partition coefficient (Wildman–Crippen LogP) is 2.90. The van der Waals surface area contributed by atoms with Crippen LogP contribution in [0.5, 0.6) is 0 Å². The van der Waals surface area contributed by atoms with E-state index in [1.54, 1.807) is 0 Å². The summed E-state index contributed by atoms with van der Waals surface area (Å²) < 4.78 is 5.28. The fourth-order valence-corrected chi connectivity index (χ4v) is 2.04. The van der Waals surface area contributed by atoms with E-state index in [1.807, 2.05) is 30.3 Å². The number of oxazole rings is 1. The third kappa shape index (κ3) is 2.58. The van der Waals surface area contributed by atoms with Gasteiger partial charge in [0.05, 0.1) is 0 Å². The van der Waals surface area contributed by atoms with Crippen molar-refractivity contribution in [2.24, 2.45) is 5.73 Å². The van der Waals surface area contributed by atoms with Crippen LogP contribution in [-0.2, 0) is 13.1 Å². The van der Waals surface area contributed by atoms with Gasteiger partial charge in [-0.15, -0.1) is 0 Å². The van der Waals surface area contributed by atoms with Gasteiger partial charge >= 0.3 is 0 Å². The van der Waals surface area contributed by atoms with Gasteiger partial charge in [0.2, 0.25) is 0 Å². The second kappa shape index (κ2) is 5.12. The summed E-state index contributed by atoms with van der Waals surface area (Å²) in [6, 6.07) is 14.1. The van der Waals surface area contributed by atoms with E-state index in [9.17, 15) is 0 Å². The summed E-state index contributed by atoms with van der Waals surface area (Å²) in [6.45, 7) is 1.32. The van der Waals surface area contributed by atoms with Crippen LogP contribution in [0.15, 0.2) is 53.3 Å². The van der Waals surface area contributed by atoms with Crippen molar-refractivity contribution in [2.75, 3.05) is 5.32 Å². The molecule has 96 valence electrons. The SMILES string of the molecule is NCc1cccc(CNc2ccc3ncoc3c2)c1. The molecular formula is C15H15N3O. The Morgan fingerprint density at radius 2 is 2.00 bits per heavy atom. The number of nitrogens with zero attached hydrogens (tertiary/aromatic N) is 1. The van der Waals surface area contributed by atoms with Crippen molar-refractivity contribution in [1.82, 2.24) is 4.98 Å². The molecule has 0 amide bonds. The summed E-state index contributed by atoms with van der Waals surface area (Å²) >= 11 is 0. The second-order valence-electron chi connectivity index (χ2n) is 4.41. The van der Waals surface area contributed by atoms with E-state index in [1.165, 1.54) is 12.0 Å². The molecular weight excluding hydrogens is 238 g/mol. The van der Waals surface area contributed by atoms with Gasteiger partial charge in [0.25, 0.3) is 0 Å². The third-order valence-electron chi connectivity index (χ3n) is 3.06. The molecule has 4 nitrogen and oxygen atoms in total. The number of hydrogen-bond acceptors (Lipinski definition) is 4. The fraction of sp³-hybridized carbons (Fsp3) is 0.133. The molecule has 2 aromatic carbocycles. The Labute approximate surface area is 111 Å². The summed E-state index contributed by atoms with van der Waals surface area (Å²) in [5.41, 5.74) is 10.7. The summed E-state index contributed by atoms with van der Waals surface area (Å²) in [7, 11) is 0. The highest BCUT2D eigenvalue weighted by Gasteiger charge is 2.00. The van der Waals surface area contributed by atoms with Crippen molar-refractivity contribution in [1.29, 1.82) is 0 Å². The van der Waals surface area contributed by atoms with Crippen LogP contribution in [0, 0.1) is 0 Å². The highest BCUT2D eigenvalue weighted by Crippen LogP contribution is 2.18. The Balaban J connectivity index is 1.74. The molecule has 0 radical (unpaired) electrons. The zero-order chi connectivity index (χ0) is 13.1. The van der Waals surface area contributed by atoms with Gasteiger partial charge in [-0.25, -0.2) is 4.98 Å². The Hall–Kier alpha value is -2.33. The minimum absolute atomic E-state index is 0.567. The summed E-state index contributed by atoms with van der Waals surface area (Å²) in [5.74, 6) is 0. The lowest BCUT2D eigenvalue weighted by atomic mass is 10.1. The second-order valence-corrected chi connectivity index (χ2v) is 4.41. The van der Waals surface area contributed by atoms with E-state index in [0.717, 1.165) is 28.9 Å². The van der Waals surface area contributed by atoms with E-state index in [4.69, 9.17) is 10.2 Å². The average molecular weight is 253 g/mol. The summed E-state index contributed by atoms with van der Waals surface area (Å²) in [4.78, 5) is 4.09. The first-order chi connectivity index (χ1) is 9.35. The van der Waals surface area contributed by atoms with Gasteiger partial charge in [-0.1, -0.05) is 24.3 Å². The lowest BCUT2D eigenvalue weighted by Crippen LogP contribution is -2.01. The number of aromatic nitrogens is 1. The molecule has 1 heterocycles. The van der Waals surface area contributed by atoms with Crippen LogP contribution >= 0.6 is 0 Å². The molecule has 1 aromatic heterocycles. The number of nitrogens with two attached hydrogens (primary N) is 1. The first-order valence-corrected chi connectivity index (χ1v) is 6.20. The number of hydrogen-bond donors (Lipinski definition) is 2. The smallest absolute Gasteiger partial charge is 0.181 e. The molecule has 0 unspecified atom stereocenters. The molecule has 0 spiro atoms. The van der Waals surface area contributed by atoms with E-state index in [-0.39, 0.29) is 0 Å². The van der Waals surface area contributed by atoms with Gasteiger partial charge in [-0.2, -0.15) is 0 Å². The molecule has 0 fully saturated rings. The van der Waals surface area contributed by atoms with Gasteiger partial charge < -0.3 is 15.5 Å². The van der Waals surface area contributed by atoms with Crippen LogP contribution in [-0.4, -0.2) is 4.98 Å².